The lowest BCUT2D eigenvalue weighted by atomic mass is 9.87. The molecule has 1 rings (SSSR count). The lowest BCUT2D eigenvalue weighted by Gasteiger charge is -2.18. The molecule has 0 aromatic heterocycles. The second-order valence-corrected chi connectivity index (χ2v) is 5.02. The van der Waals surface area contributed by atoms with E-state index < -0.39 is 0 Å². The van der Waals surface area contributed by atoms with Crippen molar-refractivity contribution in [3.63, 3.8) is 0 Å². The fourth-order valence-corrected chi connectivity index (χ4v) is 1.55. The summed E-state index contributed by atoms with van der Waals surface area (Å²) in [7, 11) is 0. The molecule has 0 atom stereocenters. The Kier molecular flexibility index (Phi) is 3.30. The van der Waals surface area contributed by atoms with Crippen molar-refractivity contribution >= 4 is 0 Å². The summed E-state index contributed by atoms with van der Waals surface area (Å²) in [5, 5.41) is 0. The fourth-order valence-electron chi connectivity index (χ4n) is 1.55. The maximum absolute atomic E-state index is 13.4. The van der Waals surface area contributed by atoms with Gasteiger partial charge in [-0.3, -0.25) is 0 Å². The quantitative estimate of drug-likeness (QED) is 0.668. The zero-order valence-corrected chi connectivity index (χ0v) is 9.52. The van der Waals surface area contributed by atoms with Crippen LogP contribution >= 0.6 is 0 Å². The van der Waals surface area contributed by atoms with Crippen LogP contribution in [-0.4, -0.2) is 0 Å². The van der Waals surface area contributed by atoms with E-state index >= 15 is 0 Å². The first-order chi connectivity index (χ1) is 6.42. The molecule has 0 saturated carbocycles. The van der Waals surface area contributed by atoms with Crippen molar-refractivity contribution in [2.75, 3.05) is 0 Å². The average molecular weight is 194 g/mol. The Labute approximate surface area is 86.2 Å². The third-order valence-corrected chi connectivity index (χ3v) is 2.24. The third kappa shape index (κ3) is 3.13. The minimum atomic E-state index is -0.0721. The van der Waals surface area contributed by atoms with Gasteiger partial charge in [-0.2, -0.15) is 0 Å². The van der Waals surface area contributed by atoms with Gasteiger partial charge in [0.1, 0.15) is 5.82 Å². The molecular weight excluding hydrogens is 175 g/mol. The zero-order chi connectivity index (χ0) is 10.8. The molecule has 0 fully saturated rings. The molecule has 0 radical (unpaired) electrons. The monoisotopic (exact) mass is 194 g/mol. The summed E-state index contributed by atoms with van der Waals surface area (Å²) in [6.07, 6.45) is 1.77. The molecule has 0 aliphatic carbocycles. The van der Waals surface area contributed by atoms with Gasteiger partial charge in [0.25, 0.3) is 0 Å². The van der Waals surface area contributed by atoms with Gasteiger partial charge in [-0.05, 0) is 35.4 Å². The van der Waals surface area contributed by atoms with Gasteiger partial charge in [0.2, 0.25) is 0 Å². The summed E-state index contributed by atoms with van der Waals surface area (Å²) in [5.74, 6) is -0.0721. The molecule has 0 unspecified atom stereocenters. The molecule has 0 aliphatic heterocycles. The topological polar surface area (TPSA) is 0 Å². The molecule has 0 N–H and O–H groups in total. The van der Waals surface area contributed by atoms with Crippen LogP contribution < -0.4 is 0 Å². The van der Waals surface area contributed by atoms with Gasteiger partial charge in [0.15, 0.2) is 0 Å². The summed E-state index contributed by atoms with van der Waals surface area (Å²) >= 11 is 0. The van der Waals surface area contributed by atoms with Gasteiger partial charge in [-0.1, -0.05) is 39.8 Å². The van der Waals surface area contributed by atoms with Crippen molar-refractivity contribution in [2.45, 2.75) is 40.5 Å². The highest BCUT2D eigenvalue weighted by Crippen LogP contribution is 2.23. The molecule has 1 aromatic rings. The Morgan fingerprint density at radius 1 is 1.21 bits per heavy atom. The minimum absolute atomic E-state index is 0.0721. The molecule has 1 heteroatoms. The highest BCUT2D eigenvalue weighted by atomic mass is 19.1. The highest BCUT2D eigenvalue weighted by Gasteiger charge is 2.14. The summed E-state index contributed by atoms with van der Waals surface area (Å²) in [5.41, 5.74) is 2.20. The van der Waals surface area contributed by atoms with Gasteiger partial charge < -0.3 is 0 Å². The van der Waals surface area contributed by atoms with Crippen LogP contribution in [0.1, 0.15) is 38.8 Å². The molecule has 14 heavy (non-hydrogen) atoms. The maximum atomic E-state index is 13.4. The van der Waals surface area contributed by atoms with Crippen molar-refractivity contribution in [3.05, 3.63) is 35.1 Å². The summed E-state index contributed by atoms with van der Waals surface area (Å²) in [6.45, 7) is 8.48. The van der Waals surface area contributed by atoms with Crippen LogP contribution in [-0.2, 0) is 12.8 Å². The van der Waals surface area contributed by atoms with Gasteiger partial charge in [-0.15, -0.1) is 0 Å². The van der Waals surface area contributed by atoms with Gasteiger partial charge >= 0.3 is 0 Å². The molecule has 0 nitrogen and oxygen atoms in total. The van der Waals surface area contributed by atoms with E-state index in [2.05, 4.69) is 27.7 Å². The van der Waals surface area contributed by atoms with Crippen LogP contribution in [0.4, 0.5) is 4.39 Å². The highest BCUT2D eigenvalue weighted by molar-refractivity contribution is 5.25. The predicted octanol–water partition coefficient (Wildman–Crippen LogP) is 3.98. The zero-order valence-electron chi connectivity index (χ0n) is 9.52. The van der Waals surface area contributed by atoms with E-state index in [0.29, 0.717) is 0 Å². The second kappa shape index (κ2) is 4.12. The van der Waals surface area contributed by atoms with Crippen molar-refractivity contribution in [1.82, 2.24) is 0 Å². The maximum Gasteiger partial charge on any atom is 0.126 e. The van der Waals surface area contributed by atoms with Crippen LogP contribution in [0.2, 0.25) is 0 Å². The molecule has 1 aromatic carbocycles. The third-order valence-electron chi connectivity index (χ3n) is 2.24. The van der Waals surface area contributed by atoms with E-state index in [0.717, 1.165) is 18.4 Å². The van der Waals surface area contributed by atoms with E-state index in [4.69, 9.17) is 0 Å². The van der Waals surface area contributed by atoms with E-state index in [9.17, 15) is 4.39 Å². The molecule has 0 heterocycles. The molecule has 0 amide bonds. The normalized spacial score (nSPS) is 11.8. The Bertz CT molecular complexity index is 308. The fraction of sp³-hybridized carbons (Fsp3) is 0.538. The standard InChI is InChI=1S/C13H19F/c1-5-10-6-7-12(14)11(8-10)9-13(2,3)4/h6-8H,5,9H2,1-4H3. The lowest BCUT2D eigenvalue weighted by molar-refractivity contribution is 0.402. The average Bonchev–Trinajstić information content (AvgIpc) is 2.06. The molecule has 0 saturated heterocycles. The molecule has 78 valence electrons. The van der Waals surface area contributed by atoms with Crippen molar-refractivity contribution < 1.29 is 4.39 Å². The van der Waals surface area contributed by atoms with Crippen LogP contribution in [0.5, 0.6) is 0 Å². The first-order valence-electron chi connectivity index (χ1n) is 5.19. The molecule has 0 aliphatic rings. The largest absolute Gasteiger partial charge is 0.207 e. The van der Waals surface area contributed by atoms with E-state index in [1.165, 1.54) is 5.56 Å². The summed E-state index contributed by atoms with van der Waals surface area (Å²) < 4.78 is 13.4. The number of hydrogen-bond acceptors (Lipinski definition) is 0. The van der Waals surface area contributed by atoms with E-state index in [-0.39, 0.29) is 11.2 Å². The van der Waals surface area contributed by atoms with E-state index in [1.54, 1.807) is 6.07 Å². The van der Waals surface area contributed by atoms with Crippen LogP contribution in [0, 0.1) is 11.2 Å². The minimum Gasteiger partial charge on any atom is -0.207 e. The molecule has 0 spiro atoms. The van der Waals surface area contributed by atoms with Gasteiger partial charge in [0, 0.05) is 0 Å². The number of aryl methyl sites for hydroxylation is 1. The Hall–Kier alpha value is -0.850. The molecule has 0 bridgehead atoms. The smallest absolute Gasteiger partial charge is 0.126 e. The van der Waals surface area contributed by atoms with Crippen LogP contribution in [0.15, 0.2) is 18.2 Å². The predicted molar refractivity (Wildman–Crippen MR) is 58.9 cm³/mol. The Balaban J connectivity index is 2.95. The molecular formula is C13H19F. The summed E-state index contributed by atoms with van der Waals surface area (Å²) in [4.78, 5) is 0. The van der Waals surface area contributed by atoms with Crippen LogP contribution in [0.25, 0.3) is 0 Å². The van der Waals surface area contributed by atoms with Crippen molar-refractivity contribution in [2.24, 2.45) is 5.41 Å². The van der Waals surface area contributed by atoms with Gasteiger partial charge in [-0.25, -0.2) is 4.39 Å². The Morgan fingerprint density at radius 3 is 2.36 bits per heavy atom. The van der Waals surface area contributed by atoms with Crippen molar-refractivity contribution in [1.29, 1.82) is 0 Å². The van der Waals surface area contributed by atoms with Crippen LogP contribution in [0.3, 0.4) is 0 Å². The second-order valence-electron chi connectivity index (χ2n) is 5.02. The lowest BCUT2D eigenvalue weighted by Crippen LogP contribution is -2.10. The number of hydrogen-bond donors (Lipinski definition) is 0. The SMILES string of the molecule is CCc1ccc(F)c(CC(C)(C)C)c1. The summed E-state index contributed by atoms with van der Waals surface area (Å²) in [6, 6.07) is 5.43. The van der Waals surface area contributed by atoms with Gasteiger partial charge in [0.05, 0.1) is 0 Å². The first-order valence-corrected chi connectivity index (χ1v) is 5.19. The Morgan fingerprint density at radius 2 is 1.86 bits per heavy atom. The number of benzene rings is 1. The first kappa shape index (κ1) is 11.2. The van der Waals surface area contributed by atoms with E-state index in [1.807, 2.05) is 12.1 Å². The number of halogens is 1. The number of rotatable bonds is 2. The van der Waals surface area contributed by atoms with Crippen molar-refractivity contribution in [3.8, 4) is 0 Å².